The predicted molar refractivity (Wildman–Crippen MR) is 100.0 cm³/mol. The molecule has 5 nitrogen and oxygen atoms in total. The van der Waals surface area contributed by atoms with Gasteiger partial charge in [0.15, 0.2) is 0 Å². The Balaban J connectivity index is 2.01. The number of hydrogen-bond acceptors (Lipinski definition) is 5. The second kappa shape index (κ2) is 6.85. The molecule has 0 amide bonds. The first-order valence-corrected chi connectivity index (χ1v) is 8.37. The number of benzene rings is 1. The SMILES string of the molecule is Cc1c(-c2ccccn2)nc2cc(F)cc(F)c2c1Nc1ccnc(Cl)n1. The van der Waals surface area contributed by atoms with E-state index in [1.54, 1.807) is 31.3 Å². The van der Waals surface area contributed by atoms with Crippen LogP contribution in [-0.2, 0) is 0 Å². The van der Waals surface area contributed by atoms with Gasteiger partial charge in [0.1, 0.15) is 17.5 Å². The smallest absolute Gasteiger partial charge is 0.224 e. The third-order valence-corrected chi connectivity index (χ3v) is 4.22. The van der Waals surface area contributed by atoms with Crippen molar-refractivity contribution in [3.05, 3.63) is 71.3 Å². The highest BCUT2D eigenvalue weighted by atomic mass is 35.5. The lowest BCUT2D eigenvalue weighted by Crippen LogP contribution is -2.03. The van der Waals surface area contributed by atoms with E-state index in [9.17, 15) is 8.78 Å². The van der Waals surface area contributed by atoms with Crippen LogP contribution in [0.4, 0.5) is 20.3 Å². The Morgan fingerprint density at radius 2 is 1.85 bits per heavy atom. The van der Waals surface area contributed by atoms with E-state index in [0.717, 1.165) is 6.07 Å². The Bertz CT molecular complexity index is 1150. The van der Waals surface area contributed by atoms with Crippen LogP contribution in [0.25, 0.3) is 22.3 Å². The lowest BCUT2D eigenvalue weighted by Gasteiger charge is -2.16. The number of hydrogen-bond donors (Lipinski definition) is 1. The summed E-state index contributed by atoms with van der Waals surface area (Å²) in [5.41, 5.74) is 2.32. The fraction of sp³-hybridized carbons (Fsp3) is 0.0526. The molecule has 1 N–H and O–H groups in total. The van der Waals surface area contributed by atoms with Gasteiger partial charge in [0, 0.05) is 30.1 Å². The predicted octanol–water partition coefficient (Wildman–Crippen LogP) is 5.07. The molecule has 1 aromatic carbocycles. The van der Waals surface area contributed by atoms with Crippen LogP contribution in [0.5, 0.6) is 0 Å². The molecular weight excluding hydrogens is 372 g/mol. The molecule has 134 valence electrons. The van der Waals surface area contributed by atoms with E-state index in [1.165, 1.54) is 12.3 Å². The highest BCUT2D eigenvalue weighted by molar-refractivity contribution is 6.28. The zero-order chi connectivity index (χ0) is 19.0. The molecule has 0 aliphatic heterocycles. The molecule has 0 unspecified atom stereocenters. The maximum absolute atomic E-state index is 14.6. The van der Waals surface area contributed by atoms with Crippen molar-refractivity contribution in [1.82, 2.24) is 19.9 Å². The summed E-state index contributed by atoms with van der Waals surface area (Å²) in [4.78, 5) is 16.6. The number of fused-ring (bicyclic) bond motifs is 1. The van der Waals surface area contributed by atoms with Gasteiger partial charge in [-0.1, -0.05) is 6.07 Å². The molecule has 0 atom stereocenters. The van der Waals surface area contributed by atoms with Crippen molar-refractivity contribution in [2.45, 2.75) is 6.92 Å². The summed E-state index contributed by atoms with van der Waals surface area (Å²) in [6, 6.07) is 8.98. The van der Waals surface area contributed by atoms with Gasteiger partial charge in [-0.3, -0.25) is 4.98 Å². The molecule has 4 rings (SSSR count). The van der Waals surface area contributed by atoms with E-state index in [-0.39, 0.29) is 16.2 Å². The van der Waals surface area contributed by atoms with Crippen molar-refractivity contribution in [2.75, 3.05) is 5.32 Å². The molecule has 0 fully saturated rings. The van der Waals surface area contributed by atoms with Crippen LogP contribution in [-0.4, -0.2) is 19.9 Å². The minimum atomic E-state index is -0.726. The molecule has 8 heteroatoms. The molecule has 4 aromatic rings. The van der Waals surface area contributed by atoms with Crippen LogP contribution in [0.15, 0.2) is 48.8 Å². The lowest BCUT2D eigenvalue weighted by molar-refractivity contribution is 0.591. The summed E-state index contributed by atoms with van der Waals surface area (Å²) < 4.78 is 28.4. The summed E-state index contributed by atoms with van der Waals surface area (Å²) in [5.74, 6) is -1.06. The largest absolute Gasteiger partial charge is 0.339 e. The number of rotatable bonds is 3. The van der Waals surface area contributed by atoms with E-state index in [4.69, 9.17) is 11.6 Å². The topological polar surface area (TPSA) is 63.6 Å². The standard InChI is InChI=1S/C19H12ClF2N5/c1-10-17(13-4-2-3-6-23-13)25-14-9-11(21)8-12(22)16(14)18(10)26-15-5-7-24-19(20)27-15/h2-9H,1H3,(H,24,25,26,27). The molecule has 0 saturated carbocycles. The second-order valence-electron chi connectivity index (χ2n) is 5.79. The van der Waals surface area contributed by atoms with Gasteiger partial charge in [-0.25, -0.2) is 23.7 Å². The molecule has 3 heterocycles. The monoisotopic (exact) mass is 383 g/mol. The summed E-state index contributed by atoms with van der Waals surface area (Å²) in [6.45, 7) is 1.78. The van der Waals surface area contributed by atoms with Gasteiger partial charge < -0.3 is 5.32 Å². The molecule has 0 spiro atoms. The Labute approximate surface area is 158 Å². The average Bonchev–Trinajstić information content (AvgIpc) is 2.64. The zero-order valence-electron chi connectivity index (χ0n) is 14.0. The van der Waals surface area contributed by atoms with Crippen LogP contribution >= 0.6 is 11.6 Å². The number of anilines is 2. The number of nitrogens with zero attached hydrogens (tertiary/aromatic N) is 4. The van der Waals surface area contributed by atoms with E-state index in [0.29, 0.717) is 28.5 Å². The molecular formula is C19H12ClF2N5. The Morgan fingerprint density at radius 1 is 1.00 bits per heavy atom. The Morgan fingerprint density at radius 3 is 2.59 bits per heavy atom. The minimum absolute atomic E-state index is 0.0486. The normalized spacial score (nSPS) is 11.0. The number of halogens is 3. The molecule has 0 aliphatic rings. The first-order chi connectivity index (χ1) is 13.0. The second-order valence-corrected chi connectivity index (χ2v) is 6.13. The third kappa shape index (κ3) is 3.29. The number of pyridine rings is 2. The van der Waals surface area contributed by atoms with Gasteiger partial charge in [-0.15, -0.1) is 0 Å². The van der Waals surface area contributed by atoms with Crippen molar-refractivity contribution in [3.8, 4) is 11.4 Å². The molecule has 27 heavy (non-hydrogen) atoms. The van der Waals surface area contributed by atoms with Gasteiger partial charge in [-0.05, 0) is 36.7 Å². The molecule has 0 aliphatic carbocycles. The first kappa shape index (κ1) is 17.2. The van der Waals surface area contributed by atoms with Crippen molar-refractivity contribution in [3.63, 3.8) is 0 Å². The average molecular weight is 384 g/mol. The fourth-order valence-corrected chi connectivity index (χ4v) is 2.99. The van der Waals surface area contributed by atoms with E-state index in [2.05, 4.69) is 25.3 Å². The third-order valence-electron chi connectivity index (χ3n) is 4.03. The van der Waals surface area contributed by atoms with E-state index in [1.807, 2.05) is 6.07 Å². The van der Waals surface area contributed by atoms with Gasteiger partial charge in [0.2, 0.25) is 5.28 Å². The van der Waals surface area contributed by atoms with Gasteiger partial charge in [0.05, 0.1) is 28.0 Å². The van der Waals surface area contributed by atoms with Crippen LogP contribution < -0.4 is 5.32 Å². The molecule has 0 radical (unpaired) electrons. The highest BCUT2D eigenvalue weighted by Crippen LogP contribution is 2.36. The summed E-state index contributed by atoms with van der Waals surface area (Å²) >= 11 is 5.84. The van der Waals surface area contributed by atoms with Gasteiger partial charge in [0.25, 0.3) is 0 Å². The minimum Gasteiger partial charge on any atom is -0.339 e. The van der Waals surface area contributed by atoms with E-state index < -0.39 is 11.6 Å². The van der Waals surface area contributed by atoms with Crippen LogP contribution in [0.3, 0.4) is 0 Å². The maximum Gasteiger partial charge on any atom is 0.224 e. The molecule has 0 saturated heterocycles. The van der Waals surface area contributed by atoms with Crippen molar-refractivity contribution >= 4 is 34.0 Å². The first-order valence-electron chi connectivity index (χ1n) is 7.99. The number of aromatic nitrogens is 4. The lowest BCUT2D eigenvalue weighted by atomic mass is 10.0. The summed E-state index contributed by atoms with van der Waals surface area (Å²) in [7, 11) is 0. The highest BCUT2D eigenvalue weighted by Gasteiger charge is 2.18. The van der Waals surface area contributed by atoms with E-state index >= 15 is 0 Å². The van der Waals surface area contributed by atoms with Crippen molar-refractivity contribution in [1.29, 1.82) is 0 Å². The quantitative estimate of drug-likeness (QED) is 0.500. The van der Waals surface area contributed by atoms with Crippen molar-refractivity contribution < 1.29 is 8.78 Å². The number of nitrogens with one attached hydrogen (secondary N) is 1. The van der Waals surface area contributed by atoms with Crippen molar-refractivity contribution in [2.24, 2.45) is 0 Å². The zero-order valence-corrected chi connectivity index (χ0v) is 14.8. The van der Waals surface area contributed by atoms with Crippen LogP contribution in [0.2, 0.25) is 5.28 Å². The van der Waals surface area contributed by atoms with Crippen LogP contribution in [0, 0.1) is 18.6 Å². The van der Waals surface area contributed by atoms with Gasteiger partial charge >= 0.3 is 0 Å². The fourth-order valence-electron chi connectivity index (χ4n) is 2.85. The maximum atomic E-state index is 14.6. The van der Waals surface area contributed by atoms with Gasteiger partial charge in [-0.2, -0.15) is 0 Å². The molecule has 0 bridgehead atoms. The summed E-state index contributed by atoms with van der Waals surface area (Å²) in [5, 5.41) is 3.27. The Hall–Kier alpha value is -3.19. The van der Waals surface area contributed by atoms with Crippen LogP contribution in [0.1, 0.15) is 5.56 Å². The summed E-state index contributed by atoms with van der Waals surface area (Å²) in [6.07, 6.45) is 3.11. The molecule has 3 aromatic heterocycles. The Kier molecular flexibility index (Phi) is 4.37.